The van der Waals surface area contributed by atoms with Crippen LogP contribution in [0.4, 0.5) is 0 Å². The Morgan fingerprint density at radius 2 is 1.51 bits per heavy atom. The van der Waals surface area contributed by atoms with E-state index < -0.39 is 5.91 Å². The van der Waals surface area contributed by atoms with E-state index in [1.807, 2.05) is 39.0 Å². The van der Waals surface area contributed by atoms with Crippen molar-refractivity contribution in [2.75, 3.05) is 26.9 Å². The molecule has 0 aliphatic rings. The number of hydrazone groups is 1. The van der Waals surface area contributed by atoms with Crippen molar-refractivity contribution in [1.29, 1.82) is 0 Å². The lowest BCUT2D eigenvalue weighted by atomic mass is 10.1. The molecule has 0 saturated carbocycles. The number of halogens is 1. The Kier molecular flexibility index (Phi) is 10.5. The normalized spacial score (nSPS) is 10.7. The van der Waals surface area contributed by atoms with Gasteiger partial charge in [-0.1, -0.05) is 11.6 Å². The molecule has 9 heteroatoms. The van der Waals surface area contributed by atoms with Gasteiger partial charge in [0.25, 0.3) is 5.91 Å². The van der Waals surface area contributed by atoms with E-state index in [9.17, 15) is 4.79 Å². The van der Waals surface area contributed by atoms with Crippen LogP contribution in [0.1, 0.15) is 42.3 Å². The minimum absolute atomic E-state index is 0.283. The molecule has 3 rings (SSSR count). The first-order chi connectivity index (χ1) is 18.0. The van der Waals surface area contributed by atoms with Crippen molar-refractivity contribution < 1.29 is 28.5 Å². The maximum Gasteiger partial charge on any atom is 0.271 e. The van der Waals surface area contributed by atoms with E-state index in [0.717, 1.165) is 11.1 Å². The second-order valence-corrected chi connectivity index (χ2v) is 8.05. The summed E-state index contributed by atoms with van der Waals surface area (Å²) in [6.45, 7) is 7.13. The van der Waals surface area contributed by atoms with Crippen molar-refractivity contribution in [3.8, 4) is 28.7 Å². The number of methoxy groups -OCH3 is 1. The van der Waals surface area contributed by atoms with Crippen LogP contribution in [0.2, 0.25) is 5.02 Å². The van der Waals surface area contributed by atoms with Gasteiger partial charge in [0.2, 0.25) is 5.75 Å². The van der Waals surface area contributed by atoms with Gasteiger partial charge in [-0.3, -0.25) is 4.79 Å². The number of amides is 1. The summed E-state index contributed by atoms with van der Waals surface area (Å²) in [5, 5.41) is 4.76. The van der Waals surface area contributed by atoms with Crippen molar-refractivity contribution in [3.63, 3.8) is 0 Å². The molecular weight excluding hydrogens is 496 g/mol. The van der Waals surface area contributed by atoms with Crippen molar-refractivity contribution in [1.82, 2.24) is 5.43 Å². The van der Waals surface area contributed by atoms with Crippen LogP contribution in [-0.2, 0) is 6.61 Å². The van der Waals surface area contributed by atoms with Gasteiger partial charge >= 0.3 is 0 Å². The van der Waals surface area contributed by atoms with Gasteiger partial charge in [-0.25, -0.2) is 5.43 Å². The van der Waals surface area contributed by atoms with E-state index in [1.54, 1.807) is 49.7 Å². The highest BCUT2D eigenvalue weighted by Crippen LogP contribution is 2.39. The van der Waals surface area contributed by atoms with Crippen molar-refractivity contribution >= 4 is 23.7 Å². The number of nitrogens with zero attached hydrogens (tertiary/aromatic N) is 1. The standard InChI is InChI=1S/C28H31ClN2O6/c1-5-34-25-15-20(16-26(35-6-2)27(25)36-7-3)28(32)31-30-17-19-8-13-24(33-4)21(14-19)18-37-23-11-9-22(29)10-12-23/h8-17H,5-7,18H2,1-4H3,(H,31,32). The molecule has 1 amide bonds. The Hall–Kier alpha value is -3.91. The average molecular weight is 527 g/mol. The number of carbonyl (C=O) groups is 1. The van der Waals surface area contributed by atoms with Crippen LogP contribution < -0.4 is 29.1 Å². The fraction of sp³-hybridized carbons (Fsp3) is 0.286. The fourth-order valence-corrected chi connectivity index (χ4v) is 3.56. The Balaban J connectivity index is 1.73. The Bertz CT molecular complexity index is 1190. The summed E-state index contributed by atoms with van der Waals surface area (Å²) < 4.78 is 28.4. The number of hydrogen-bond donors (Lipinski definition) is 1. The number of carbonyl (C=O) groups excluding carboxylic acids is 1. The molecule has 0 aliphatic heterocycles. The lowest BCUT2D eigenvalue weighted by molar-refractivity contribution is 0.0954. The molecule has 0 heterocycles. The molecule has 0 unspecified atom stereocenters. The molecule has 0 radical (unpaired) electrons. The van der Waals surface area contributed by atoms with Gasteiger partial charge in [-0.2, -0.15) is 5.10 Å². The molecule has 0 bridgehead atoms. The smallest absolute Gasteiger partial charge is 0.271 e. The zero-order valence-corrected chi connectivity index (χ0v) is 22.1. The largest absolute Gasteiger partial charge is 0.496 e. The Morgan fingerprint density at radius 3 is 2.11 bits per heavy atom. The Morgan fingerprint density at radius 1 is 0.865 bits per heavy atom. The van der Waals surface area contributed by atoms with Gasteiger partial charge in [0, 0.05) is 16.1 Å². The minimum Gasteiger partial charge on any atom is -0.496 e. The number of rotatable bonds is 13. The van der Waals surface area contributed by atoms with Gasteiger partial charge in [-0.15, -0.1) is 0 Å². The third kappa shape index (κ3) is 7.79. The lowest BCUT2D eigenvalue weighted by Crippen LogP contribution is -2.18. The van der Waals surface area contributed by atoms with E-state index in [-0.39, 0.29) is 6.61 Å². The average Bonchev–Trinajstić information content (AvgIpc) is 2.90. The fourth-order valence-electron chi connectivity index (χ4n) is 3.43. The molecule has 0 fully saturated rings. The Labute approximate surface area is 222 Å². The van der Waals surface area contributed by atoms with Crippen molar-refractivity contribution in [2.24, 2.45) is 5.10 Å². The summed E-state index contributed by atoms with van der Waals surface area (Å²) in [6.07, 6.45) is 1.55. The molecule has 37 heavy (non-hydrogen) atoms. The maximum atomic E-state index is 12.8. The molecule has 8 nitrogen and oxygen atoms in total. The van der Waals surface area contributed by atoms with Gasteiger partial charge in [0.15, 0.2) is 11.5 Å². The minimum atomic E-state index is -0.416. The highest BCUT2D eigenvalue weighted by molar-refractivity contribution is 6.30. The number of benzene rings is 3. The zero-order valence-electron chi connectivity index (χ0n) is 21.4. The quantitative estimate of drug-likeness (QED) is 0.221. The van der Waals surface area contributed by atoms with E-state index in [4.69, 9.17) is 35.3 Å². The van der Waals surface area contributed by atoms with Crippen LogP contribution in [0.5, 0.6) is 28.7 Å². The number of hydrogen-bond acceptors (Lipinski definition) is 7. The van der Waals surface area contributed by atoms with E-state index in [0.29, 0.717) is 59.2 Å². The third-order valence-electron chi connectivity index (χ3n) is 5.06. The van der Waals surface area contributed by atoms with Crippen LogP contribution in [0.3, 0.4) is 0 Å². The monoisotopic (exact) mass is 526 g/mol. The molecule has 0 saturated heterocycles. The van der Waals surface area contributed by atoms with E-state index in [1.165, 1.54) is 0 Å². The van der Waals surface area contributed by atoms with Crippen molar-refractivity contribution in [2.45, 2.75) is 27.4 Å². The van der Waals surface area contributed by atoms with E-state index >= 15 is 0 Å². The van der Waals surface area contributed by atoms with Crippen LogP contribution in [0.15, 0.2) is 59.7 Å². The van der Waals surface area contributed by atoms with Gasteiger partial charge in [0.05, 0.1) is 33.1 Å². The first kappa shape index (κ1) is 27.7. The highest BCUT2D eigenvalue weighted by Gasteiger charge is 2.18. The predicted molar refractivity (Wildman–Crippen MR) is 144 cm³/mol. The van der Waals surface area contributed by atoms with Gasteiger partial charge < -0.3 is 23.7 Å². The first-order valence-corrected chi connectivity index (χ1v) is 12.3. The van der Waals surface area contributed by atoms with Crippen molar-refractivity contribution in [3.05, 3.63) is 76.3 Å². The molecule has 3 aromatic carbocycles. The highest BCUT2D eigenvalue weighted by atomic mass is 35.5. The summed E-state index contributed by atoms with van der Waals surface area (Å²) in [7, 11) is 1.60. The summed E-state index contributed by atoms with van der Waals surface area (Å²) in [4.78, 5) is 12.8. The number of ether oxygens (including phenoxy) is 5. The van der Waals surface area contributed by atoms with E-state index in [2.05, 4.69) is 10.5 Å². The molecule has 0 aromatic heterocycles. The molecular formula is C28H31ClN2O6. The van der Waals surface area contributed by atoms with Gasteiger partial charge in [-0.05, 0) is 80.9 Å². The third-order valence-corrected chi connectivity index (χ3v) is 5.32. The maximum absolute atomic E-state index is 12.8. The molecule has 0 spiro atoms. The van der Waals surface area contributed by atoms with Crippen LogP contribution in [-0.4, -0.2) is 39.1 Å². The summed E-state index contributed by atoms with van der Waals surface area (Å²) in [5.74, 6) is 2.29. The predicted octanol–water partition coefficient (Wildman–Crippen LogP) is 5.89. The molecule has 0 atom stereocenters. The topological polar surface area (TPSA) is 87.6 Å². The molecule has 0 aliphatic carbocycles. The summed E-state index contributed by atoms with van der Waals surface area (Å²) in [6, 6.07) is 15.9. The molecule has 3 aromatic rings. The molecule has 1 N–H and O–H groups in total. The summed E-state index contributed by atoms with van der Waals surface area (Å²) in [5.41, 5.74) is 4.46. The second-order valence-electron chi connectivity index (χ2n) is 7.61. The molecule has 196 valence electrons. The van der Waals surface area contributed by atoms with Crippen LogP contribution in [0.25, 0.3) is 0 Å². The SMILES string of the molecule is CCOc1cc(C(=O)NN=Cc2ccc(OC)c(COc3ccc(Cl)cc3)c2)cc(OCC)c1OCC. The van der Waals surface area contributed by atoms with Crippen LogP contribution >= 0.6 is 11.6 Å². The van der Waals surface area contributed by atoms with Crippen LogP contribution in [0, 0.1) is 0 Å². The zero-order chi connectivity index (χ0) is 26.6. The summed E-state index contributed by atoms with van der Waals surface area (Å²) >= 11 is 5.93. The number of nitrogens with one attached hydrogen (secondary N) is 1. The second kappa shape index (κ2) is 14.0. The first-order valence-electron chi connectivity index (χ1n) is 11.9. The lowest BCUT2D eigenvalue weighted by Gasteiger charge is -2.16. The van der Waals surface area contributed by atoms with Gasteiger partial charge in [0.1, 0.15) is 18.1 Å².